The fraction of sp³-hybridized carbons (Fsp3) is 0.385. The van der Waals surface area contributed by atoms with Crippen molar-refractivity contribution in [2.75, 3.05) is 13.1 Å². The quantitative estimate of drug-likeness (QED) is 0.857. The van der Waals surface area contributed by atoms with Crippen molar-refractivity contribution in [3.63, 3.8) is 0 Å². The van der Waals surface area contributed by atoms with Crippen molar-refractivity contribution in [2.24, 2.45) is 0 Å². The van der Waals surface area contributed by atoms with E-state index in [4.69, 9.17) is 4.74 Å². The molecule has 20 heavy (non-hydrogen) atoms. The largest absolute Gasteiger partial charge is 0.458 e. The number of hydrogen-bond acceptors (Lipinski definition) is 6. The topological polar surface area (TPSA) is 68.2 Å². The fourth-order valence-corrected chi connectivity index (χ4v) is 2.92. The highest BCUT2D eigenvalue weighted by Gasteiger charge is 2.30. The summed E-state index contributed by atoms with van der Waals surface area (Å²) in [6.45, 7) is 3.10. The fourth-order valence-electron chi connectivity index (χ4n) is 2.15. The van der Waals surface area contributed by atoms with E-state index in [0.29, 0.717) is 24.0 Å². The zero-order valence-electron chi connectivity index (χ0n) is 11.0. The summed E-state index contributed by atoms with van der Waals surface area (Å²) in [6.07, 6.45) is 4.03. The van der Waals surface area contributed by atoms with Gasteiger partial charge in [-0.25, -0.2) is 15.0 Å². The van der Waals surface area contributed by atoms with Crippen LogP contribution in [0.15, 0.2) is 24.0 Å². The molecule has 3 rings (SSSR count). The second kappa shape index (κ2) is 5.54. The molecule has 6 nitrogen and oxygen atoms in total. The molecule has 1 aliphatic rings. The minimum atomic E-state index is -0.0467. The van der Waals surface area contributed by atoms with Crippen LogP contribution in [0.1, 0.15) is 21.8 Å². The minimum Gasteiger partial charge on any atom is -0.458 e. The molecule has 1 saturated heterocycles. The SMILES string of the molecule is Cc1ncsc1C(=O)N1CC[C@@H](Oc2ncccn2)C1. The number of rotatable bonds is 3. The molecule has 7 heteroatoms. The highest BCUT2D eigenvalue weighted by Crippen LogP contribution is 2.20. The van der Waals surface area contributed by atoms with Gasteiger partial charge in [-0.2, -0.15) is 0 Å². The van der Waals surface area contributed by atoms with Crippen LogP contribution in [0.5, 0.6) is 6.01 Å². The smallest absolute Gasteiger partial charge is 0.316 e. The minimum absolute atomic E-state index is 0.0325. The maximum atomic E-state index is 12.3. The molecule has 3 heterocycles. The van der Waals surface area contributed by atoms with E-state index in [1.165, 1.54) is 11.3 Å². The maximum Gasteiger partial charge on any atom is 0.316 e. The Hall–Kier alpha value is -2.02. The Labute approximate surface area is 120 Å². The zero-order chi connectivity index (χ0) is 13.9. The summed E-state index contributed by atoms with van der Waals surface area (Å²) < 4.78 is 5.67. The van der Waals surface area contributed by atoms with Crippen molar-refractivity contribution in [1.29, 1.82) is 0 Å². The molecule has 0 spiro atoms. The van der Waals surface area contributed by atoms with Crippen LogP contribution < -0.4 is 4.74 Å². The summed E-state index contributed by atoms with van der Waals surface area (Å²) in [5.41, 5.74) is 2.49. The number of hydrogen-bond donors (Lipinski definition) is 0. The van der Waals surface area contributed by atoms with Gasteiger partial charge in [0.05, 0.1) is 17.7 Å². The van der Waals surface area contributed by atoms with Crippen molar-refractivity contribution >= 4 is 17.2 Å². The molecule has 2 aromatic heterocycles. The first-order chi connectivity index (χ1) is 9.74. The third kappa shape index (κ3) is 2.62. The van der Waals surface area contributed by atoms with Gasteiger partial charge in [-0.05, 0) is 13.0 Å². The van der Waals surface area contributed by atoms with Crippen LogP contribution in [0.25, 0.3) is 0 Å². The number of carbonyl (C=O) groups excluding carboxylic acids is 1. The molecule has 104 valence electrons. The molecule has 2 aromatic rings. The highest BCUT2D eigenvalue weighted by atomic mass is 32.1. The maximum absolute atomic E-state index is 12.3. The van der Waals surface area contributed by atoms with E-state index in [0.717, 1.165) is 12.1 Å². The summed E-state index contributed by atoms with van der Waals surface area (Å²) in [7, 11) is 0. The first-order valence-corrected chi connectivity index (χ1v) is 7.25. The number of nitrogens with zero attached hydrogens (tertiary/aromatic N) is 4. The van der Waals surface area contributed by atoms with Gasteiger partial charge >= 0.3 is 6.01 Å². The molecular formula is C13H14N4O2S. The summed E-state index contributed by atoms with van der Waals surface area (Å²) in [5, 5.41) is 0. The molecule has 0 radical (unpaired) electrons. The average Bonchev–Trinajstić information content (AvgIpc) is 3.08. The van der Waals surface area contributed by atoms with Gasteiger partial charge in [-0.3, -0.25) is 4.79 Å². The van der Waals surface area contributed by atoms with Gasteiger partial charge in [0.25, 0.3) is 5.91 Å². The summed E-state index contributed by atoms with van der Waals surface area (Å²) >= 11 is 1.38. The van der Waals surface area contributed by atoms with Gasteiger partial charge < -0.3 is 9.64 Å². The Morgan fingerprint density at radius 1 is 1.40 bits per heavy atom. The molecule has 0 bridgehead atoms. The van der Waals surface area contributed by atoms with E-state index in [2.05, 4.69) is 15.0 Å². The highest BCUT2D eigenvalue weighted by molar-refractivity contribution is 7.11. The van der Waals surface area contributed by atoms with E-state index in [-0.39, 0.29) is 12.0 Å². The molecule has 1 aliphatic heterocycles. The number of aryl methyl sites for hydroxylation is 1. The first-order valence-electron chi connectivity index (χ1n) is 6.37. The van der Waals surface area contributed by atoms with Crippen LogP contribution in [-0.4, -0.2) is 45.0 Å². The van der Waals surface area contributed by atoms with Crippen LogP contribution >= 0.6 is 11.3 Å². The Kier molecular flexibility index (Phi) is 3.60. The van der Waals surface area contributed by atoms with Crippen LogP contribution in [0, 0.1) is 6.92 Å². The normalized spacial score (nSPS) is 18.2. The number of ether oxygens (including phenoxy) is 1. The third-order valence-corrected chi connectivity index (χ3v) is 4.10. The van der Waals surface area contributed by atoms with Crippen molar-refractivity contribution in [3.8, 4) is 6.01 Å². The lowest BCUT2D eigenvalue weighted by molar-refractivity contribution is 0.0773. The van der Waals surface area contributed by atoms with Gasteiger partial charge in [0.2, 0.25) is 0 Å². The average molecular weight is 290 g/mol. The molecule has 1 amide bonds. The number of amides is 1. The predicted octanol–water partition coefficient (Wildman–Crippen LogP) is 1.54. The Morgan fingerprint density at radius 3 is 2.90 bits per heavy atom. The first kappa shape index (κ1) is 13.0. The van der Waals surface area contributed by atoms with Crippen LogP contribution in [-0.2, 0) is 0 Å². The number of aromatic nitrogens is 3. The van der Waals surface area contributed by atoms with Gasteiger partial charge in [-0.1, -0.05) is 0 Å². The number of likely N-dealkylation sites (tertiary alicyclic amines) is 1. The van der Waals surface area contributed by atoms with Crippen molar-refractivity contribution in [2.45, 2.75) is 19.4 Å². The number of carbonyl (C=O) groups is 1. The second-order valence-electron chi connectivity index (χ2n) is 4.58. The molecule has 0 N–H and O–H groups in total. The zero-order valence-corrected chi connectivity index (χ0v) is 11.8. The monoisotopic (exact) mass is 290 g/mol. The molecule has 0 aromatic carbocycles. The van der Waals surface area contributed by atoms with Crippen molar-refractivity contribution in [3.05, 3.63) is 34.5 Å². The second-order valence-corrected chi connectivity index (χ2v) is 5.43. The van der Waals surface area contributed by atoms with Crippen LogP contribution in [0.3, 0.4) is 0 Å². The summed E-state index contributed by atoms with van der Waals surface area (Å²) in [5.74, 6) is 0.0325. The molecule has 0 unspecified atom stereocenters. The van der Waals surface area contributed by atoms with E-state index < -0.39 is 0 Å². The standard InChI is InChI=1S/C13H14N4O2S/c1-9-11(20-8-16-9)12(18)17-6-3-10(7-17)19-13-14-4-2-5-15-13/h2,4-5,8,10H,3,6-7H2,1H3/t10-/m1/s1. The van der Waals surface area contributed by atoms with E-state index in [1.807, 2.05) is 6.92 Å². The Balaban J connectivity index is 1.62. The van der Waals surface area contributed by atoms with Crippen LogP contribution in [0.4, 0.5) is 0 Å². The van der Waals surface area contributed by atoms with E-state index >= 15 is 0 Å². The Morgan fingerprint density at radius 2 is 2.20 bits per heavy atom. The van der Waals surface area contributed by atoms with Crippen molar-refractivity contribution < 1.29 is 9.53 Å². The van der Waals surface area contributed by atoms with E-state index in [1.54, 1.807) is 28.9 Å². The molecule has 1 atom stereocenters. The van der Waals surface area contributed by atoms with E-state index in [9.17, 15) is 4.79 Å². The Bertz CT molecular complexity index is 601. The number of thiazole rings is 1. The van der Waals surface area contributed by atoms with Crippen LogP contribution in [0.2, 0.25) is 0 Å². The lowest BCUT2D eigenvalue weighted by atomic mass is 10.3. The van der Waals surface area contributed by atoms with Gasteiger partial charge in [0, 0.05) is 25.4 Å². The molecule has 0 saturated carbocycles. The molecular weight excluding hydrogens is 276 g/mol. The van der Waals surface area contributed by atoms with Gasteiger partial charge in [0.15, 0.2) is 0 Å². The summed E-state index contributed by atoms with van der Waals surface area (Å²) in [6, 6.07) is 2.10. The van der Waals surface area contributed by atoms with Gasteiger partial charge in [0.1, 0.15) is 11.0 Å². The lowest BCUT2D eigenvalue weighted by Crippen LogP contribution is -2.31. The van der Waals surface area contributed by atoms with Crippen molar-refractivity contribution in [1.82, 2.24) is 19.9 Å². The summed E-state index contributed by atoms with van der Waals surface area (Å²) in [4.78, 5) is 27.0. The van der Waals surface area contributed by atoms with Gasteiger partial charge in [-0.15, -0.1) is 11.3 Å². The molecule has 0 aliphatic carbocycles. The third-order valence-electron chi connectivity index (χ3n) is 3.19. The predicted molar refractivity (Wildman–Crippen MR) is 73.8 cm³/mol. The molecule has 1 fully saturated rings. The lowest BCUT2D eigenvalue weighted by Gasteiger charge is -2.16.